The fourth-order valence-corrected chi connectivity index (χ4v) is 2.36. The standard InChI is InChI=1S/C13H22N2OS/c1-9(5-4-6-10(2)14)13(16)7-12-8-17-11(3)15-12/h8-10H,4-7,14H2,1-3H3. The Labute approximate surface area is 107 Å². The number of hydrogen-bond donors (Lipinski definition) is 1. The molecule has 0 saturated carbocycles. The summed E-state index contributed by atoms with van der Waals surface area (Å²) in [7, 11) is 0. The Balaban J connectivity index is 2.32. The zero-order chi connectivity index (χ0) is 12.8. The fraction of sp³-hybridized carbons (Fsp3) is 0.692. The van der Waals surface area contributed by atoms with E-state index in [9.17, 15) is 4.79 Å². The predicted octanol–water partition coefficient (Wildman–Crippen LogP) is 2.72. The number of thiazole rings is 1. The summed E-state index contributed by atoms with van der Waals surface area (Å²) in [6.45, 7) is 5.97. The van der Waals surface area contributed by atoms with Crippen LogP contribution in [0.2, 0.25) is 0 Å². The Bertz CT molecular complexity index is 360. The van der Waals surface area contributed by atoms with Crippen molar-refractivity contribution in [2.75, 3.05) is 0 Å². The summed E-state index contributed by atoms with van der Waals surface area (Å²) in [5.41, 5.74) is 6.60. The molecule has 2 unspecified atom stereocenters. The van der Waals surface area contributed by atoms with Crippen LogP contribution in [-0.4, -0.2) is 16.8 Å². The van der Waals surface area contributed by atoms with Crippen molar-refractivity contribution in [2.24, 2.45) is 11.7 Å². The lowest BCUT2D eigenvalue weighted by molar-refractivity contribution is -0.122. The summed E-state index contributed by atoms with van der Waals surface area (Å²) in [5, 5.41) is 3.00. The summed E-state index contributed by atoms with van der Waals surface area (Å²) in [6, 6.07) is 0.235. The number of aryl methyl sites for hydroxylation is 1. The van der Waals surface area contributed by atoms with E-state index >= 15 is 0 Å². The highest BCUT2D eigenvalue weighted by molar-refractivity contribution is 7.09. The number of ketones is 1. The molecular weight excluding hydrogens is 232 g/mol. The number of nitrogens with two attached hydrogens (primary N) is 1. The molecule has 0 aliphatic carbocycles. The van der Waals surface area contributed by atoms with Gasteiger partial charge in [0.05, 0.1) is 10.7 Å². The van der Waals surface area contributed by atoms with Crippen LogP contribution in [-0.2, 0) is 11.2 Å². The van der Waals surface area contributed by atoms with Crippen molar-refractivity contribution in [3.63, 3.8) is 0 Å². The van der Waals surface area contributed by atoms with Crippen molar-refractivity contribution < 1.29 is 4.79 Å². The molecule has 0 bridgehead atoms. The van der Waals surface area contributed by atoms with Crippen LogP contribution in [0.5, 0.6) is 0 Å². The first kappa shape index (κ1) is 14.3. The van der Waals surface area contributed by atoms with Crippen LogP contribution in [0.3, 0.4) is 0 Å². The highest BCUT2D eigenvalue weighted by atomic mass is 32.1. The predicted molar refractivity (Wildman–Crippen MR) is 72.2 cm³/mol. The summed E-state index contributed by atoms with van der Waals surface area (Å²) < 4.78 is 0. The van der Waals surface area contributed by atoms with Crippen molar-refractivity contribution >= 4 is 17.1 Å². The molecule has 0 amide bonds. The van der Waals surface area contributed by atoms with Gasteiger partial charge in [0.1, 0.15) is 5.78 Å². The second-order valence-corrected chi connectivity index (χ2v) is 5.87. The number of nitrogens with zero attached hydrogens (tertiary/aromatic N) is 1. The number of carbonyl (C=O) groups excluding carboxylic acids is 1. The van der Waals surface area contributed by atoms with Crippen LogP contribution >= 0.6 is 11.3 Å². The van der Waals surface area contributed by atoms with E-state index in [1.54, 1.807) is 11.3 Å². The van der Waals surface area contributed by atoms with Crippen LogP contribution in [0.15, 0.2) is 5.38 Å². The maximum Gasteiger partial charge on any atom is 0.141 e. The molecule has 2 atom stereocenters. The number of hydrogen-bond acceptors (Lipinski definition) is 4. The van der Waals surface area contributed by atoms with Gasteiger partial charge in [0.2, 0.25) is 0 Å². The zero-order valence-electron chi connectivity index (χ0n) is 10.9. The molecule has 1 aromatic heterocycles. The van der Waals surface area contributed by atoms with Gasteiger partial charge in [-0.15, -0.1) is 11.3 Å². The van der Waals surface area contributed by atoms with Gasteiger partial charge in [0, 0.05) is 23.8 Å². The van der Waals surface area contributed by atoms with Gasteiger partial charge in [-0.05, 0) is 26.7 Å². The molecule has 96 valence electrons. The van der Waals surface area contributed by atoms with Crippen molar-refractivity contribution in [1.82, 2.24) is 4.98 Å². The van der Waals surface area contributed by atoms with Crippen LogP contribution in [0.1, 0.15) is 43.8 Å². The highest BCUT2D eigenvalue weighted by Crippen LogP contribution is 2.14. The molecule has 0 spiro atoms. The van der Waals surface area contributed by atoms with E-state index in [2.05, 4.69) is 4.98 Å². The molecule has 2 N–H and O–H groups in total. The van der Waals surface area contributed by atoms with Crippen LogP contribution < -0.4 is 5.73 Å². The van der Waals surface area contributed by atoms with Crippen molar-refractivity contribution in [3.05, 3.63) is 16.1 Å². The van der Waals surface area contributed by atoms with E-state index in [4.69, 9.17) is 5.73 Å². The number of carbonyl (C=O) groups is 1. The highest BCUT2D eigenvalue weighted by Gasteiger charge is 2.14. The molecule has 3 nitrogen and oxygen atoms in total. The van der Waals surface area contributed by atoms with Gasteiger partial charge in [-0.3, -0.25) is 4.79 Å². The van der Waals surface area contributed by atoms with Crippen LogP contribution in [0, 0.1) is 12.8 Å². The topological polar surface area (TPSA) is 56.0 Å². The van der Waals surface area contributed by atoms with Gasteiger partial charge >= 0.3 is 0 Å². The lowest BCUT2D eigenvalue weighted by Crippen LogP contribution is -2.17. The summed E-state index contributed by atoms with van der Waals surface area (Å²) in [4.78, 5) is 16.3. The molecule has 17 heavy (non-hydrogen) atoms. The molecular formula is C13H22N2OS. The van der Waals surface area contributed by atoms with Gasteiger partial charge in [-0.2, -0.15) is 0 Å². The molecule has 0 radical (unpaired) electrons. The smallest absolute Gasteiger partial charge is 0.141 e. The molecule has 1 aromatic rings. The first-order valence-electron chi connectivity index (χ1n) is 6.18. The van der Waals surface area contributed by atoms with Crippen LogP contribution in [0.4, 0.5) is 0 Å². The second kappa shape index (κ2) is 6.87. The summed E-state index contributed by atoms with van der Waals surface area (Å²) in [5.74, 6) is 0.413. The van der Waals surface area contributed by atoms with Gasteiger partial charge in [-0.1, -0.05) is 13.3 Å². The monoisotopic (exact) mass is 254 g/mol. The lowest BCUT2D eigenvalue weighted by Gasteiger charge is -2.10. The van der Waals surface area contributed by atoms with Crippen molar-refractivity contribution in [1.29, 1.82) is 0 Å². The maximum absolute atomic E-state index is 11.9. The van der Waals surface area contributed by atoms with Gasteiger partial charge in [0.15, 0.2) is 0 Å². The van der Waals surface area contributed by atoms with Crippen LogP contribution in [0.25, 0.3) is 0 Å². The number of Topliss-reactive ketones (excluding diaryl/α,β-unsaturated/α-hetero) is 1. The summed E-state index contributed by atoms with van der Waals surface area (Å²) in [6.07, 6.45) is 3.43. The third-order valence-electron chi connectivity index (χ3n) is 2.87. The van der Waals surface area contributed by atoms with Crippen molar-refractivity contribution in [3.8, 4) is 0 Å². The third kappa shape index (κ3) is 5.41. The Hall–Kier alpha value is -0.740. The first-order chi connectivity index (χ1) is 7.99. The van der Waals surface area contributed by atoms with E-state index < -0.39 is 0 Å². The van der Waals surface area contributed by atoms with E-state index in [0.717, 1.165) is 30.0 Å². The van der Waals surface area contributed by atoms with E-state index in [-0.39, 0.29) is 12.0 Å². The van der Waals surface area contributed by atoms with Gasteiger partial charge < -0.3 is 5.73 Å². The molecule has 0 aliphatic heterocycles. The Morgan fingerprint density at radius 2 is 2.18 bits per heavy atom. The average molecular weight is 254 g/mol. The van der Waals surface area contributed by atoms with E-state index in [0.29, 0.717) is 12.2 Å². The number of aromatic nitrogens is 1. The summed E-state index contributed by atoms with van der Waals surface area (Å²) >= 11 is 1.60. The van der Waals surface area contributed by atoms with Gasteiger partial charge in [0.25, 0.3) is 0 Å². The third-order valence-corrected chi connectivity index (χ3v) is 3.69. The van der Waals surface area contributed by atoms with E-state index in [1.165, 1.54) is 0 Å². The molecule has 0 aliphatic rings. The minimum Gasteiger partial charge on any atom is -0.328 e. The minimum absolute atomic E-state index is 0.121. The molecule has 1 rings (SSSR count). The largest absolute Gasteiger partial charge is 0.328 e. The Morgan fingerprint density at radius 3 is 2.71 bits per heavy atom. The number of rotatable bonds is 7. The average Bonchev–Trinajstić information content (AvgIpc) is 2.63. The maximum atomic E-state index is 11.9. The Kier molecular flexibility index (Phi) is 5.78. The fourth-order valence-electron chi connectivity index (χ4n) is 1.75. The van der Waals surface area contributed by atoms with Gasteiger partial charge in [-0.25, -0.2) is 4.98 Å². The normalized spacial score (nSPS) is 14.6. The minimum atomic E-state index is 0.121. The molecule has 4 heteroatoms. The molecule has 0 saturated heterocycles. The molecule has 0 aromatic carbocycles. The van der Waals surface area contributed by atoms with Crippen molar-refractivity contribution in [2.45, 2.75) is 52.5 Å². The van der Waals surface area contributed by atoms with E-state index in [1.807, 2.05) is 26.2 Å². The first-order valence-corrected chi connectivity index (χ1v) is 7.06. The SMILES string of the molecule is Cc1nc(CC(=O)C(C)CCCC(C)N)cs1. The zero-order valence-corrected chi connectivity index (χ0v) is 11.7. The Morgan fingerprint density at radius 1 is 1.47 bits per heavy atom. The lowest BCUT2D eigenvalue weighted by atomic mass is 9.96. The molecule has 1 heterocycles. The quantitative estimate of drug-likeness (QED) is 0.814. The second-order valence-electron chi connectivity index (χ2n) is 4.81. The molecule has 0 fully saturated rings.